The zero-order chi connectivity index (χ0) is 21.5. The van der Waals surface area contributed by atoms with Crippen LogP contribution < -0.4 is 4.74 Å². The first kappa shape index (κ1) is 17.7. The molecule has 4 aromatic carbocycles. The Labute approximate surface area is 194 Å². The summed E-state index contributed by atoms with van der Waals surface area (Å²) in [7, 11) is 0. The van der Waals surface area contributed by atoms with Crippen molar-refractivity contribution in [2.45, 2.75) is 12.3 Å². The van der Waals surface area contributed by atoms with Crippen molar-refractivity contribution in [2.24, 2.45) is 0 Å². The van der Waals surface area contributed by atoms with Crippen molar-refractivity contribution in [3.8, 4) is 5.75 Å². The number of fused-ring (bicyclic) bond motifs is 10. The van der Waals surface area contributed by atoms with E-state index in [9.17, 15) is 0 Å². The Hall–Kier alpha value is -3.82. The average Bonchev–Trinajstić information content (AvgIpc) is 3.53. The van der Waals surface area contributed by atoms with Gasteiger partial charge < -0.3 is 9.30 Å². The molecule has 0 N–H and O–H groups in total. The molecule has 0 spiro atoms. The van der Waals surface area contributed by atoms with Crippen molar-refractivity contribution in [2.75, 3.05) is 0 Å². The predicted octanol–water partition coefficient (Wildman–Crippen LogP) is 8.47. The molecule has 8 rings (SSSR count). The van der Waals surface area contributed by atoms with Crippen molar-refractivity contribution in [3.63, 3.8) is 0 Å². The first-order chi connectivity index (χ1) is 16.4. The zero-order valence-electron chi connectivity index (χ0n) is 17.8. The number of aromatic nitrogens is 1. The standard InChI is InChI=1S/C30H19NOS/c1-4-12-23-22(10-1)28-24(17-16-21-19-9-3-6-15-27(19)33-30(21)28)31(23)25-13-7-11-20-18-8-2-5-14-26(18)32-29(20)25/h1-10,12-17,20H,11H2. The first-order valence-corrected chi connectivity index (χ1v) is 12.2. The van der Waals surface area contributed by atoms with Gasteiger partial charge in [0.05, 0.1) is 22.6 Å². The molecular formula is C30H19NOS. The summed E-state index contributed by atoms with van der Waals surface area (Å²) in [5.74, 6) is 2.34. The molecule has 0 radical (unpaired) electrons. The third-order valence-corrected chi connectivity index (χ3v) is 8.36. The van der Waals surface area contributed by atoms with Gasteiger partial charge in [-0.3, -0.25) is 0 Å². The second-order valence-electron chi connectivity index (χ2n) is 8.87. The Bertz CT molecular complexity index is 1830. The molecule has 33 heavy (non-hydrogen) atoms. The van der Waals surface area contributed by atoms with Crippen molar-refractivity contribution >= 4 is 59.0 Å². The molecule has 0 fully saturated rings. The lowest BCUT2D eigenvalue weighted by Crippen LogP contribution is -2.09. The summed E-state index contributed by atoms with van der Waals surface area (Å²) in [5, 5.41) is 5.31. The Morgan fingerprint density at radius 2 is 1.58 bits per heavy atom. The zero-order valence-corrected chi connectivity index (χ0v) is 18.6. The van der Waals surface area contributed by atoms with E-state index < -0.39 is 0 Å². The van der Waals surface area contributed by atoms with Gasteiger partial charge in [0.1, 0.15) is 11.5 Å². The molecule has 1 unspecified atom stereocenters. The summed E-state index contributed by atoms with van der Waals surface area (Å²) >= 11 is 1.90. The molecule has 0 saturated carbocycles. The number of benzene rings is 4. The van der Waals surface area contributed by atoms with Gasteiger partial charge in [0.15, 0.2) is 0 Å². The van der Waals surface area contributed by atoms with Crippen LogP contribution in [0.5, 0.6) is 5.75 Å². The molecule has 1 aliphatic carbocycles. The maximum Gasteiger partial charge on any atom is 0.136 e. The molecule has 2 aromatic heterocycles. The number of nitrogens with zero attached hydrogens (tertiary/aromatic N) is 1. The number of allylic oxidation sites excluding steroid dienone is 4. The molecule has 6 aromatic rings. The van der Waals surface area contributed by atoms with Gasteiger partial charge >= 0.3 is 0 Å². The first-order valence-electron chi connectivity index (χ1n) is 11.4. The minimum atomic E-state index is 0.283. The lowest BCUT2D eigenvalue weighted by Gasteiger charge is -2.19. The monoisotopic (exact) mass is 441 g/mol. The maximum absolute atomic E-state index is 6.49. The second-order valence-corrected chi connectivity index (χ2v) is 9.92. The van der Waals surface area contributed by atoms with Crippen LogP contribution in [0.3, 0.4) is 0 Å². The largest absolute Gasteiger partial charge is 0.459 e. The molecule has 0 saturated heterocycles. The highest BCUT2D eigenvalue weighted by Crippen LogP contribution is 2.49. The van der Waals surface area contributed by atoms with Gasteiger partial charge in [-0.25, -0.2) is 0 Å². The Morgan fingerprint density at radius 3 is 2.55 bits per heavy atom. The van der Waals surface area contributed by atoms with Crippen LogP contribution in [0.1, 0.15) is 17.9 Å². The second kappa shape index (κ2) is 6.37. The van der Waals surface area contributed by atoms with Crippen LogP contribution in [0.25, 0.3) is 47.7 Å². The van der Waals surface area contributed by atoms with Crippen molar-refractivity contribution < 1.29 is 4.74 Å². The molecule has 2 aliphatic rings. The van der Waals surface area contributed by atoms with Crippen molar-refractivity contribution in [3.05, 3.63) is 108 Å². The van der Waals surface area contributed by atoms with E-state index in [1.165, 1.54) is 47.5 Å². The highest BCUT2D eigenvalue weighted by molar-refractivity contribution is 7.26. The van der Waals surface area contributed by atoms with E-state index in [-0.39, 0.29) is 5.92 Å². The number of para-hydroxylation sites is 2. The van der Waals surface area contributed by atoms with Crippen LogP contribution in [0.2, 0.25) is 0 Å². The van der Waals surface area contributed by atoms with Crippen LogP contribution in [0.4, 0.5) is 0 Å². The maximum atomic E-state index is 6.49. The van der Waals surface area contributed by atoms with Gasteiger partial charge in [0.2, 0.25) is 0 Å². The number of hydrogen-bond acceptors (Lipinski definition) is 2. The molecular weight excluding hydrogens is 422 g/mol. The van der Waals surface area contributed by atoms with Gasteiger partial charge in [0, 0.05) is 36.5 Å². The number of ether oxygens (including phenoxy) is 1. The highest BCUT2D eigenvalue weighted by atomic mass is 32.1. The summed E-state index contributed by atoms with van der Waals surface area (Å²) < 4.78 is 11.6. The third kappa shape index (κ3) is 2.27. The fourth-order valence-corrected chi connectivity index (χ4v) is 6.99. The molecule has 1 aliphatic heterocycles. The summed E-state index contributed by atoms with van der Waals surface area (Å²) in [5.41, 5.74) is 4.91. The van der Waals surface area contributed by atoms with E-state index in [0.717, 1.165) is 23.6 Å². The van der Waals surface area contributed by atoms with Gasteiger partial charge in [-0.05, 0) is 36.8 Å². The Morgan fingerprint density at radius 1 is 0.758 bits per heavy atom. The number of hydrogen-bond donors (Lipinski definition) is 0. The van der Waals surface area contributed by atoms with Gasteiger partial charge in [-0.15, -0.1) is 11.3 Å². The minimum Gasteiger partial charge on any atom is -0.459 e. The van der Waals surface area contributed by atoms with Crippen LogP contribution in [-0.2, 0) is 0 Å². The van der Waals surface area contributed by atoms with E-state index in [2.05, 4.69) is 102 Å². The van der Waals surface area contributed by atoms with Gasteiger partial charge in [0.25, 0.3) is 0 Å². The van der Waals surface area contributed by atoms with Crippen LogP contribution in [0.15, 0.2) is 103 Å². The summed E-state index contributed by atoms with van der Waals surface area (Å²) in [4.78, 5) is 0. The quantitative estimate of drug-likeness (QED) is 0.250. The fraction of sp³-hybridized carbons (Fsp3) is 0.0667. The molecule has 2 nitrogen and oxygen atoms in total. The molecule has 0 amide bonds. The van der Waals surface area contributed by atoms with E-state index in [1.54, 1.807) is 0 Å². The lowest BCUT2D eigenvalue weighted by atomic mass is 9.91. The van der Waals surface area contributed by atoms with E-state index >= 15 is 0 Å². The van der Waals surface area contributed by atoms with E-state index in [0.29, 0.717) is 0 Å². The molecule has 156 valence electrons. The average molecular weight is 442 g/mol. The SMILES string of the molecule is C1=CC(n2c3ccccc3c3c4sc5ccccc5c4ccc32)=C2Oc3ccccc3C2C1. The van der Waals surface area contributed by atoms with Crippen molar-refractivity contribution in [1.82, 2.24) is 4.57 Å². The van der Waals surface area contributed by atoms with Crippen LogP contribution in [0, 0.1) is 0 Å². The topological polar surface area (TPSA) is 14.2 Å². The molecule has 3 heterocycles. The lowest BCUT2D eigenvalue weighted by molar-refractivity contribution is 0.426. The number of rotatable bonds is 1. The predicted molar refractivity (Wildman–Crippen MR) is 139 cm³/mol. The normalized spacial score (nSPS) is 17.3. The van der Waals surface area contributed by atoms with Gasteiger partial charge in [-0.2, -0.15) is 0 Å². The summed E-state index contributed by atoms with van der Waals surface area (Å²) in [6.45, 7) is 0. The highest BCUT2D eigenvalue weighted by Gasteiger charge is 2.34. The van der Waals surface area contributed by atoms with Crippen LogP contribution >= 0.6 is 11.3 Å². The number of thiophene rings is 1. The van der Waals surface area contributed by atoms with Gasteiger partial charge in [-0.1, -0.05) is 66.7 Å². The Balaban J connectivity index is 1.51. The van der Waals surface area contributed by atoms with E-state index in [1.807, 2.05) is 11.3 Å². The molecule has 1 atom stereocenters. The van der Waals surface area contributed by atoms with Crippen molar-refractivity contribution in [1.29, 1.82) is 0 Å². The minimum absolute atomic E-state index is 0.283. The smallest absolute Gasteiger partial charge is 0.136 e. The molecule has 3 heteroatoms. The van der Waals surface area contributed by atoms with Crippen LogP contribution in [-0.4, -0.2) is 4.57 Å². The Kier molecular flexibility index (Phi) is 3.42. The summed E-state index contributed by atoms with van der Waals surface area (Å²) in [6, 6.07) is 30.6. The fourth-order valence-electron chi connectivity index (χ4n) is 5.73. The third-order valence-electron chi connectivity index (χ3n) is 7.15. The summed E-state index contributed by atoms with van der Waals surface area (Å²) in [6.07, 6.45) is 5.53. The van der Waals surface area contributed by atoms with E-state index in [4.69, 9.17) is 4.74 Å². The molecule has 0 bridgehead atoms.